The quantitative estimate of drug-likeness (QED) is 0.608. The van der Waals surface area contributed by atoms with E-state index in [9.17, 15) is 19.5 Å². The third-order valence-corrected chi connectivity index (χ3v) is 4.19. The summed E-state index contributed by atoms with van der Waals surface area (Å²) in [5.41, 5.74) is -0.300. The van der Waals surface area contributed by atoms with Crippen molar-refractivity contribution in [1.29, 1.82) is 0 Å². The van der Waals surface area contributed by atoms with Gasteiger partial charge in [-0.05, 0) is 60.5 Å². The lowest BCUT2D eigenvalue weighted by Crippen LogP contribution is -2.51. The molecule has 8 heteroatoms. The van der Waals surface area contributed by atoms with Crippen molar-refractivity contribution in [3.05, 3.63) is 29.3 Å². The molecule has 1 rings (SSSR count). The number of amides is 3. The number of benzene rings is 1. The highest BCUT2D eigenvalue weighted by Crippen LogP contribution is 2.32. The second-order valence-electron chi connectivity index (χ2n) is 9.60. The Kier molecular flexibility index (Phi) is 8.90. The molecule has 174 valence electrons. The number of carbonyl (C=O) groups excluding carboxylic acids is 3. The van der Waals surface area contributed by atoms with Gasteiger partial charge >= 0.3 is 6.09 Å². The predicted octanol–water partition coefficient (Wildman–Crippen LogP) is 3.42. The van der Waals surface area contributed by atoms with Gasteiger partial charge in [0.1, 0.15) is 23.9 Å². The summed E-state index contributed by atoms with van der Waals surface area (Å²) in [4.78, 5) is 39.7. The molecule has 1 atom stereocenters. The van der Waals surface area contributed by atoms with Crippen LogP contribution in [0.3, 0.4) is 0 Å². The van der Waals surface area contributed by atoms with Gasteiger partial charge < -0.3 is 25.4 Å². The smallest absolute Gasteiger partial charge is 0.408 e. The summed E-state index contributed by atoms with van der Waals surface area (Å²) >= 11 is 0. The van der Waals surface area contributed by atoms with Crippen LogP contribution in [0.5, 0.6) is 5.75 Å². The molecule has 3 amide bonds. The molecule has 0 aromatic heterocycles. The average molecular weight is 436 g/mol. The minimum Gasteiger partial charge on any atom is -0.507 e. The van der Waals surface area contributed by atoms with Crippen LogP contribution in [0.15, 0.2) is 18.2 Å². The van der Waals surface area contributed by atoms with Crippen molar-refractivity contribution < 1.29 is 24.2 Å². The number of phenols is 1. The van der Waals surface area contributed by atoms with Gasteiger partial charge in [-0.25, -0.2) is 4.79 Å². The molecule has 1 unspecified atom stereocenters. The van der Waals surface area contributed by atoms with Crippen LogP contribution in [0.4, 0.5) is 4.79 Å². The molecule has 0 bridgehead atoms. The summed E-state index contributed by atoms with van der Waals surface area (Å²) < 4.78 is 5.18. The van der Waals surface area contributed by atoms with Crippen molar-refractivity contribution in [2.24, 2.45) is 0 Å². The van der Waals surface area contributed by atoms with E-state index in [-0.39, 0.29) is 18.8 Å². The van der Waals surface area contributed by atoms with Gasteiger partial charge in [-0.3, -0.25) is 9.59 Å². The fraction of sp³-hybridized carbons (Fsp3) is 0.609. The van der Waals surface area contributed by atoms with Crippen molar-refractivity contribution in [3.8, 4) is 5.75 Å². The van der Waals surface area contributed by atoms with Gasteiger partial charge in [0, 0.05) is 17.6 Å². The van der Waals surface area contributed by atoms with Gasteiger partial charge in [0.15, 0.2) is 0 Å². The van der Waals surface area contributed by atoms with E-state index in [0.29, 0.717) is 17.5 Å². The summed E-state index contributed by atoms with van der Waals surface area (Å²) in [6, 6.07) is 4.04. The van der Waals surface area contributed by atoms with Crippen LogP contribution < -0.4 is 10.6 Å². The lowest BCUT2D eigenvalue weighted by molar-refractivity contribution is -0.141. The number of ether oxygens (including phenoxy) is 1. The van der Waals surface area contributed by atoms with Crippen LogP contribution in [0.25, 0.3) is 0 Å². The fourth-order valence-corrected chi connectivity index (χ4v) is 2.99. The number of carbonyl (C=O) groups is 3. The van der Waals surface area contributed by atoms with Crippen molar-refractivity contribution in [1.82, 2.24) is 15.5 Å². The van der Waals surface area contributed by atoms with Gasteiger partial charge in [0.25, 0.3) is 0 Å². The minimum atomic E-state index is -1.05. The van der Waals surface area contributed by atoms with Gasteiger partial charge in [-0.1, -0.05) is 25.1 Å². The maximum Gasteiger partial charge on any atom is 0.408 e. The molecule has 8 nitrogen and oxygen atoms in total. The first-order chi connectivity index (χ1) is 14.2. The van der Waals surface area contributed by atoms with Crippen LogP contribution >= 0.6 is 0 Å². The highest BCUT2D eigenvalue weighted by atomic mass is 16.6. The van der Waals surface area contributed by atoms with Crippen LogP contribution in [-0.2, 0) is 14.3 Å². The highest BCUT2D eigenvalue weighted by Gasteiger charge is 2.35. The molecule has 0 aliphatic carbocycles. The Hall–Kier alpha value is -2.77. The highest BCUT2D eigenvalue weighted by molar-refractivity contribution is 5.91. The first-order valence-electron chi connectivity index (χ1n) is 10.5. The second-order valence-corrected chi connectivity index (χ2v) is 9.60. The Morgan fingerprint density at radius 3 is 2.26 bits per heavy atom. The summed E-state index contributed by atoms with van der Waals surface area (Å²) in [5, 5.41) is 16.0. The predicted molar refractivity (Wildman–Crippen MR) is 120 cm³/mol. The number of hydrogen-bond acceptors (Lipinski definition) is 5. The molecule has 0 aliphatic heterocycles. The summed E-state index contributed by atoms with van der Waals surface area (Å²) in [6.07, 6.45) is -0.129. The van der Waals surface area contributed by atoms with Crippen LogP contribution in [0, 0.1) is 6.92 Å². The molecule has 31 heavy (non-hydrogen) atoms. The maximum absolute atomic E-state index is 13.2. The van der Waals surface area contributed by atoms with Crippen molar-refractivity contribution in [2.75, 3.05) is 13.1 Å². The lowest BCUT2D eigenvalue weighted by atomic mass is 9.98. The standard InChI is InChI=1S/C23H37N3O5/c1-9-13-26(17(27)14-24-21(30)31-23(6,7)8)18(20(29)25-22(3,4)5)16-12-10-11-15(2)19(16)28/h10-12,18,28H,9,13-14H2,1-8H3,(H,24,30)(H,25,29). The lowest BCUT2D eigenvalue weighted by Gasteiger charge is -2.34. The van der Waals surface area contributed by atoms with E-state index in [1.165, 1.54) is 4.90 Å². The number of nitrogens with zero attached hydrogens (tertiary/aromatic N) is 1. The third kappa shape index (κ3) is 8.47. The van der Waals surface area contributed by atoms with E-state index in [1.807, 2.05) is 27.7 Å². The Labute approximate surface area is 185 Å². The van der Waals surface area contributed by atoms with E-state index in [4.69, 9.17) is 4.74 Å². The van der Waals surface area contributed by atoms with Crippen LogP contribution in [0.1, 0.15) is 72.1 Å². The van der Waals surface area contributed by atoms with Crippen LogP contribution in [-0.4, -0.2) is 52.1 Å². The number of hydrogen-bond donors (Lipinski definition) is 3. The van der Waals surface area contributed by atoms with Crippen LogP contribution in [0.2, 0.25) is 0 Å². The number of phenolic OH excluding ortho intramolecular Hbond substituents is 1. The monoisotopic (exact) mass is 435 g/mol. The Balaban J connectivity index is 3.26. The van der Waals surface area contributed by atoms with Gasteiger partial charge in [0.05, 0.1) is 0 Å². The topological polar surface area (TPSA) is 108 Å². The molecule has 0 radical (unpaired) electrons. The largest absolute Gasteiger partial charge is 0.507 e. The molecule has 3 N–H and O–H groups in total. The molecular weight excluding hydrogens is 398 g/mol. The van der Waals surface area contributed by atoms with Crippen molar-refractivity contribution >= 4 is 17.9 Å². The fourth-order valence-electron chi connectivity index (χ4n) is 2.99. The normalized spacial score (nSPS) is 12.6. The average Bonchev–Trinajstić information content (AvgIpc) is 2.59. The zero-order valence-corrected chi connectivity index (χ0v) is 20.0. The maximum atomic E-state index is 13.2. The van der Waals surface area contributed by atoms with Crippen molar-refractivity contribution in [3.63, 3.8) is 0 Å². The number of para-hydroxylation sites is 1. The third-order valence-electron chi connectivity index (χ3n) is 4.19. The number of aromatic hydroxyl groups is 1. The first-order valence-corrected chi connectivity index (χ1v) is 10.5. The van der Waals surface area contributed by atoms with Gasteiger partial charge in [0.2, 0.25) is 11.8 Å². The number of nitrogens with one attached hydrogen (secondary N) is 2. The van der Waals surface area contributed by atoms with E-state index in [1.54, 1.807) is 45.9 Å². The minimum absolute atomic E-state index is 0.0365. The van der Waals surface area contributed by atoms with Gasteiger partial charge in [-0.2, -0.15) is 0 Å². The second kappa shape index (κ2) is 10.5. The van der Waals surface area contributed by atoms with Crippen molar-refractivity contribution in [2.45, 2.75) is 79.0 Å². The Bertz CT molecular complexity index is 793. The first kappa shape index (κ1) is 26.3. The molecule has 0 saturated carbocycles. The molecule has 0 spiro atoms. The molecule has 1 aromatic rings. The van der Waals surface area contributed by atoms with E-state index in [2.05, 4.69) is 10.6 Å². The summed E-state index contributed by atoms with van der Waals surface area (Å²) in [6.45, 7) is 14.3. The molecule has 0 saturated heterocycles. The summed E-state index contributed by atoms with van der Waals surface area (Å²) in [5.74, 6) is -0.902. The van der Waals surface area contributed by atoms with Gasteiger partial charge in [-0.15, -0.1) is 0 Å². The molecule has 1 aromatic carbocycles. The molecular formula is C23H37N3O5. The molecule has 0 fully saturated rings. The zero-order chi connectivity index (χ0) is 24.0. The molecule has 0 heterocycles. The molecule has 0 aliphatic rings. The SMILES string of the molecule is CCCN(C(=O)CNC(=O)OC(C)(C)C)C(C(=O)NC(C)(C)C)c1cccc(C)c1O. The summed E-state index contributed by atoms with van der Waals surface area (Å²) in [7, 11) is 0. The van der Waals surface area contributed by atoms with E-state index < -0.39 is 35.1 Å². The number of aryl methyl sites for hydroxylation is 1. The van der Waals surface area contributed by atoms with E-state index >= 15 is 0 Å². The Morgan fingerprint density at radius 1 is 1.13 bits per heavy atom. The number of rotatable bonds is 7. The zero-order valence-electron chi connectivity index (χ0n) is 20.0. The number of alkyl carbamates (subject to hydrolysis) is 1. The Morgan fingerprint density at radius 2 is 1.74 bits per heavy atom. The van der Waals surface area contributed by atoms with E-state index in [0.717, 1.165) is 0 Å².